The van der Waals surface area contributed by atoms with Crippen molar-refractivity contribution in [1.82, 2.24) is 14.4 Å². The number of aromatic nitrogens is 1. The number of aryl methyl sites for hydroxylation is 1. The van der Waals surface area contributed by atoms with Crippen LogP contribution in [0.25, 0.3) is 22.2 Å². The van der Waals surface area contributed by atoms with Gasteiger partial charge >= 0.3 is 12.1 Å². The SMILES string of the molecule is Cc1cccc2c1-c1c(C3CCCCC3)c3ccc(C(=O)O)cc3n1C[C@@H](N(C)[C@H]1CCN(C(=O)OC(C)(C)C)C1)CO2. The standard InChI is InChI=1S/C35H45N3O5/c1-22-10-9-13-29-30(22)32-31(23-11-7-6-8-12-23)27-15-14-24(33(39)40)18-28(27)38(32)20-26(21-42-29)36(5)25-16-17-37(19-25)34(41)43-35(2,3)4/h9-10,13-15,18,23,25-26H,6-8,11-12,16-17,19-21H2,1-5H3,(H,39,40)/t25-,26+/m0/s1. The zero-order chi connectivity index (χ0) is 30.5. The molecule has 3 aromatic rings. The summed E-state index contributed by atoms with van der Waals surface area (Å²) in [4.78, 5) is 29.1. The van der Waals surface area contributed by atoms with E-state index in [1.54, 1.807) is 6.07 Å². The van der Waals surface area contributed by atoms with Gasteiger partial charge in [-0.25, -0.2) is 9.59 Å². The number of hydrogen-bond donors (Lipinski definition) is 1. The van der Waals surface area contributed by atoms with Crippen LogP contribution in [0.5, 0.6) is 5.75 Å². The van der Waals surface area contributed by atoms with Crippen LogP contribution >= 0.6 is 0 Å². The van der Waals surface area contributed by atoms with Crippen LogP contribution < -0.4 is 4.74 Å². The highest BCUT2D eigenvalue weighted by Crippen LogP contribution is 2.48. The van der Waals surface area contributed by atoms with Gasteiger partial charge in [0.25, 0.3) is 0 Å². The third kappa shape index (κ3) is 5.74. The zero-order valence-corrected chi connectivity index (χ0v) is 26.2. The average Bonchev–Trinajstić information content (AvgIpc) is 3.56. The molecule has 1 N–H and O–H groups in total. The third-order valence-corrected chi connectivity index (χ3v) is 9.63. The Morgan fingerprint density at radius 2 is 1.79 bits per heavy atom. The topological polar surface area (TPSA) is 84.2 Å². The van der Waals surface area contributed by atoms with Gasteiger partial charge in [0.15, 0.2) is 0 Å². The van der Waals surface area contributed by atoms with Crippen molar-refractivity contribution < 1.29 is 24.2 Å². The van der Waals surface area contributed by atoms with E-state index in [4.69, 9.17) is 9.47 Å². The smallest absolute Gasteiger partial charge is 0.410 e. The lowest BCUT2D eigenvalue weighted by molar-refractivity contribution is 0.0271. The van der Waals surface area contributed by atoms with E-state index in [-0.39, 0.29) is 18.2 Å². The van der Waals surface area contributed by atoms with E-state index >= 15 is 0 Å². The lowest BCUT2D eigenvalue weighted by Gasteiger charge is -2.36. The first-order chi connectivity index (χ1) is 20.5. The number of likely N-dealkylation sites (tertiary alicyclic amines) is 1. The number of hydrogen-bond acceptors (Lipinski definition) is 5. The maximum atomic E-state index is 12.8. The van der Waals surface area contributed by atoms with E-state index in [0.29, 0.717) is 37.7 Å². The number of benzene rings is 2. The molecule has 2 aliphatic heterocycles. The lowest BCUT2D eigenvalue weighted by atomic mass is 9.81. The van der Waals surface area contributed by atoms with E-state index in [1.807, 2.05) is 37.8 Å². The van der Waals surface area contributed by atoms with Crippen molar-refractivity contribution in [1.29, 1.82) is 0 Å². The number of fused-ring (bicyclic) bond motifs is 5. The fourth-order valence-corrected chi connectivity index (χ4v) is 7.40. The van der Waals surface area contributed by atoms with Crippen LogP contribution in [0.15, 0.2) is 36.4 Å². The van der Waals surface area contributed by atoms with Crippen molar-refractivity contribution >= 4 is 23.0 Å². The summed E-state index contributed by atoms with van der Waals surface area (Å²) in [5, 5.41) is 11.1. The van der Waals surface area contributed by atoms with Gasteiger partial charge in [0.05, 0.1) is 17.3 Å². The van der Waals surface area contributed by atoms with Crippen molar-refractivity contribution in [2.45, 2.75) is 96.4 Å². The van der Waals surface area contributed by atoms with E-state index < -0.39 is 11.6 Å². The molecule has 1 aliphatic carbocycles. The number of amides is 1. The quantitative estimate of drug-likeness (QED) is 0.352. The molecule has 1 saturated heterocycles. The average molecular weight is 588 g/mol. The number of carbonyl (C=O) groups excluding carboxylic acids is 1. The van der Waals surface area contributed by atoms with Gasteiger partial charge in [0, 0.05) is 42.1 Å². The van der Waals surface area contributed by atoms with Crippen molar-refractivity contribution in [2.75, 3.05) is 26.7 Å². The van der Waals surface area contributed by atoms with E-state index in [2.05, 4.69) is 41.6 Å². The zero-order valence-electron chi connectivity index (χ0n) is 26.2. The fourth-order valence-electron chi connectivity index (χ4n) is 7.40. The first-order valence-corrected chi connectivity index (χ1v) is 15.8. The van der Waals surface area contributed by atoms with Crippen molar-refractivity contribution in [2.24, 2.45) is 0 Å². The number of aromatic carboxylic acids is 1. The van der Waals surface area contributed by atoms with Crippen LogP contribution in [0.3, 0.4) is 0 Å². The summed E-state index contributed by atoms with van der Waals surface area (Å²) in [6, 6.07) is 12.1. The van der Waals surface area contributed by atoms with E-state index in [0.717, 1.165) is 47.0 Å². The lowest BCUT2D eigenvalue weighted by Crippen LogP contribution is -2.48. The Kier molecular flexibility index (Phi) is 7.92. The Labute approximate surface area is 254 Å². The van der Waals surface area contributed by atoms with Gasteiger partial charge in [-0.05, 0) is 89.2 Å². The molecule has 0 spiro atoms. The maximum Gasteiger partial charge on any atom is 0.410 e. The first kappa shape index (κ1) is 29.5. The summed E-state index contributed by atoms with van der Waals surface area (Å²) in [5.41, 5.74) is 5.55. The molecule has 8 heteroatoms. The number of nitrogens with zero attached hydrogens (tertiary/aromatic N) is 3. The molecule has 2 atom stereocenters. The number of rotatable bonds is 4. The number of ether oxygens (including phenoxy) is 2. The third-order valence-electron chi connectivity index (χ3n) is 9.63. The summed E-state index contributed by atoms with van der Waals surface area (Å²) in [6.45, 7) is 10.2. The Morgan fingerprint density at radius 1 is 1.02 bits per heavy atom. The van der Waals surface area contributed by atoms with Crippen LogP contribution in [-0.2, 0) is 11.3 Å². The first-order valence-electron chi connectivity index (χ1n) is 15.8. The molecular weight excluding hydrogens is 542 g/mol. The Morgan fingerprint density at radius 3 is 2.51 bits per heavy atom. The summed E-state index contributed by atoms with van der Waals surface area (Å²) in [6.07, 6.45) is 6.56. The predicted molar refractivity (Wildman–Crippen MR) is 168 cm³/mol. The van der Waals surface area contributed by atoms with Gasteiger partial charge in [0.1, 0.15) is 18.0 Å². The predicted octanol–water partition coefficient (Wildman–Crippen LogP) is 7.06. The Balaban J connectivity index is 1.44. The molecule has 43 heavy (non-hydrogen) atoms. The molecule has 0 unspecified atom stereocenters. The molecule has 2 aromatic carbocycles. The van der Waals surface area contributed by atoms with Gasteiger partial charge in [-0.3, -0.25) is 4.90 Å². The second-order valence-corrected chi connectivity index (χ2v) is 13.7. The minimum Gasteiger partial charge on any atom is -0.491 e. The second-order valence-electron chi connectivity index (χ2n) is 13.7. The largest absolute Gasteiger partial charge is 0.491 e. The van der Waals surface area contributed by atoms with E-state index in [9.17, 15) is 14.7 Å². The highest BCUT2D eigenvalue weighted by Gasteiger charge is 2.37. The highest BCUT2D eigenvalue weighted by atomic mass is 16.6. The molecule has 1 aromatic heterocycles. The maximum absolute atomic E-state index is 12.8. The molecule has 230 valence electrons. The summed E-state index contributed by atoms with van der Waals surface area (Å²) in [5.74, 6) is 0.382. The van der Waals surface area contributed by atoms with E-state index in [1.165, 1.54) is 30.5 Å². The number of carboxylic acids is 1. The van der Waals surface area contributed by atoms with Crippen molar-refractivity contribution in [3.05, 3.63) is 53.1 Å². The summed E-state index contributed by atoms with van der Waals surface area (Å²) in [7, 11) is 2.13. The van der Waals surface area contributed by atoms with Crippen LogP contribution in [-0.4, -0.2) is 76.0 Å². The molecule has 2 fully saturated rings. The summed E-state index contributed by atoms with van der Waals surface area (Å²) >= 11 is 0. The minimum absolute atomic E-state index is 0.0132. The molecule has 0 radical (unpaired) electrons. The van der Waals surface area contributed by atoms with Gasteiger partial charge in [0.2, 0.25) is 0 Å². The van der Waals surface area contributed by atoms with Crippen LogP contribution in [0, 0.1) is 6.92 Å². The Hall–Kier alpha value is -3.52. The number of carbonyl (C=O) groups is 2. The number of carboxylic acid groups (broad SMARTS) is 1. The molecular formula is C35H45N3O5. The number of likely N-dealkylation sites (N-methyl/N-ethyl adjacent to an activating group) is 1. The molecule has 1 amide bonds. The van der Waals surface area contributed by atoms with Crippen molar-refractivity contribution in [3.8, 4) is 17.0 Å². The molecule has 3 aliphatic rings. The van der Waals surface area contributed by atoms with Gasteiger partial charge in [-0.15, -0.1) is 0 Å². The minimum atomic E-state index is -0.913. The van der Waals surface area contributed by atoms with Crippen LogP contribution in [0.4, 0.5) is 4.79 Å². The fraction of sp³-hybridized carbons (Fsp3) is 0.543. The van der Waals surface area contributed by atoms with Gasteiger partial charge in [-0.1, -0.05) is 37.5 Å². The van der Waals surface area contributed by atoms with Crippen molar-refractivity contribution in [3.63, 3.8) is 0 Å². The van der Waals surface area contributed by atoms with Crippen LogP contribution in [0.1, 0.15) is 86.7 Å². The molecule has 8 nitrogen and oxygen atoms in total. The normalized spacial score (nSPS) is 21.2. The van der Waals surface area contributed by atoms with Gasteiger partial charge in [-0.2, -0.15) is 0 Å². The monoisotopic (exact) mass is 587 g/mol. The van der Waals surface area contributed by atoms with Crippen LogP contribution in [0.2, 0.25) is 0 Å². The highest BCUT2D eigenvalue weighted by molar-refractivity contribution is 5.99. The second kappa shape index (κ2) is 11.5. The Bertz CT molecular complexity index is 1530. The molecule has 6 rings (SSSR count). The molecule has 1 saturated carbocycles. The van der Waals surface area contributed by atoms with Gasteiger partial charge < -0.3 is 24.0 Å². The summed E-state index contributed by atoms with van der Waals surface area (Å²) < 4.78 is 14.7. The molecule has 0 bridgehead atoms. The molecule has 3 heterocycles.